The highest BCUT2D eigenvalue weighted by atomic mass is 16.5. The summed E-state index contributed by atoms with van der Waals surface area (Å²) in [5.74, 6) is 2.14. The second kappa shape index (κ2) is 11.0. The topological polar surface area (TPSA) is 111 Å². The van der Waals surface area contributed by atoms with Crippen molar-refractivity contribution in [1.29, 1.82) is 0 Å². The van der Waals surface area contributed by atoms with Gasteiger partial charge >= 0.3 is 0 Å². The molecule has 194 valence electrons. The molecule has 1 saturated heterocycles. The Morgan fingerprint density at radius 3 is 2.57 bits per heavy atom. The van der Waals surface area contributed by atoms with E-state index in [0.29, 0.717) is 48.9 Å². The highest BCUT2D eigenvalue weighted by Crippen LogP contribution is 2.32. The lowest BCUT2D eigenvalue weighted by Crippen LogP contribution is -2.49. The Balaban J connectivity index is 1.51. The molecule has 1 N–H and O–H groups in total. The molecule has 1 aliphatic rings. The van der Waals surface area contributed by atoms with Gasteiger partial charge in [0.25, 0.3) is 5.56 Å². The van der Waals surface area contributed by atoms with Gasteiger partial charge in [-0.25, -0.2) is 4.68 Å². The van der Waals surface area contributed by atoms with Crippen LogP contribution in [0.4, 0.5) is 5.69 Å². The number of piperazine rings is 1. The Bertz CT molecular complexity index is 1410. The number of tetrazole rings is 1. The second-order valence-corrected chi connectivity index (χ2v) is 8.86. The number of hydrogen-bond donors (Lipinski definition) is 1. The van der Waals surface area contributed by atoms with E-state index >= 15 is 0 Å². The van der Waals surface area contributed by atoms with Crippen LogP contribution >= 0.6 is 0 Å². The van der Waals surface area contributed by atoms with E-state index in [1.165, 1.54) is 0 Å². The maximum absolute atomic E-state index is 13.5. The summed E-state index contributed by atoms with van der Waals surface area (Å²) in [6.45, 7) is 3.89. The third-order valence-corrected chi connectivity index (χ3v) is 6.79. The molecular formula is C26H31N7O4. The molecule has 1 unspecified atom stereocenters. The number of ether oxygens (including phenoxy) is 3. The minimum Gasteiger partial charge on any atom is -0.497 e. The highest BCUT2D eigenvalue weighted by Gasteiger charge is 2.33. The normalized spacial score (nSPS) is 15.2. The summed E-state index contributed by atoms with van der Waals surface area (Å²) in [4.78, 5) is 21.1. The maximum Gasteiger partial charge on any atom is 0.253 e. The van der Waals surface area contributed by atoms with Gasteiger partial charge in [-0.05, 0) is 46.1 Å². The summed E-state index contributed by atoms with van der Waals surface area (Å²) in [5, 5.41) is 13.4. The molecule has 0 spiro atoms. The Labute approximate surface area is 214 Å². The first kappa shape index (κ1) is 24.7. The molecule has 1 aliphatic heterocycles. The molecule has 11 nitrogen and oxygen atoms in total. The molecule has 0 aliphatic carbocycles. The summed E-state index contributed by atoms with van der Waals surface area (Å²) in [6, 6.07) is 15.2. The van der Waals surface area contributed by atoms with Crippen molar-refractivity contribution in [2.45, 2.75) is 12.6 Å². The summed E-state index contributed by atoms with van der Waals surface area (Å²) in [7, 11) is 4.93. The zero-order valence-electron chi connectivity index (χ0n) is 21.3. The predicted molar refractivity (Wildman–Crippen MR) is 139 cm³/mol. The van der Waals surface area contributed by atoms with Crippen LogP contribution < -0.4 is 19.9 Å². The van der Waals surface area contributed by atoms with Gasteiger partial charge in [0, 0.05) is 44.9 Å². The van der Waals surface area contributed by atoms with Gasteiger partial charge in [-0.3, -0.25) is 9.69 Å². The van der Waals surface area contributed by atoms with Gasteiger partial charge in [0.15, 0.2) is 5.82 Å². The standard InChI is InChI=1S/C26H31N7O4/c1-35-15-14-33-25(28-29-30-33)24(20-16-18-8-9-19(36-2)17-21(18)27-26(20)34)32-12-10-31(11-13-32)22-6-4-5-7-23(22)37-3/h4-9,16-17,24H,10-15H2,1-3H3,(H,27,34). The number of pyridine rings is 1. The quantitative estimate of drug-likeness (QED) is 0.366. The van der Waals surface area contributed by atoms with E-state index in [2.05, 4.69) is 36.4 Å². The molecule has 0 saturated carbocycles. The maximum atomic E-state index is 13.5. The van der Waals surface area contributed by atoms with Crippen LogP contribution in [0.2, 0.25) is 0 Å². The fraction of sp³-hybridized carbons (Fsp3) is 0.385. The van der Waals surface area contributed by atoms with Gasteiger partial charge in [-0.15, -0.1) is 5.10 Å². The molecule has 4 aromatic rings. The largest absolute Gasteiger partial charge is 0.497 e. The number of aromatic amines is 1. The molecule has 0 bridgehead atoms. The zero-order valence-corrected chi connectivity index (χ0v) is 21.3. The van der Waals surface area contributed by atoms with Gasteiger partial charge < -0.3 is 24.1 Å². The Hall–Kier alpha value is -3.96. The molecule has 1 atom stereocenters. The van der Waals surface area contributed by atoms with Crippen molar-refractivity contribution in [1.82, 2.24) is 30.1 Å². The van der Waals surface area contributed by atoms with Gasteiger partial charge in [-0.2, -0.15) is 0 Å². The van der Waals surface area contributed by atoms with E-state index in [4.69, 9.17) is 14.2 Å². The van der Waals surface area contributed by atoms with Gasteiger partial charge in [0.1, 0.15) is 17.5 Å². The van der Waals surface area contributed by atoms with Crippen LogP contribution in [0, 0.1) is 0 Å². The lowest BCUT2D eigenvalue weighted by atomic mass is 10.0. The minimum absolute atomic E-state index is 0.181. The van der Waals surface area contributed by atoms with Crippen LogP contribution in [0.1, 0.15) is 17.4 Å². The van der Waals surface area contributed by atoms with Crippen LogP contribution in [0.5, 0.6) is 11.5 Å². The molecule has 2 aromatic heterocycles. The lowest BCUT2D eigenvalue weighted by Gasteiger charge is -2.40. The molecule has 37 heavy (non-hydrogen) atoms. The predicted octanol–water partition coefficient (Wildman–Crippen LogP) is 2.09. The highest BCUT2D eigenvalue weighted by molar-refractivity contribution is 5.80. The number of nitrogens with zero attached hydrogens (tertiary/aromatic N) is 6. The number of anilines is 1. The average Bonchev–Trinajstić information content (AvgIpc) is 3.40. The fourth-order valence-electron chi connectivity index (χ4n) is 4.88. The summed E-state index contributed by atoms with van der Waals surface area (Å²) >= 11 is 0. The van der Waals surface area contributed by atoms with E-state index < -0.39 is 6.04 Å². The van der Waals surface area contributed by atoms with E-state index in [1.54, 1.807) is 26.0 Å². The van der Waals surface area contributed by atoms with Crippen LogP contribution in [0.25, 0.3) is 10.9 Å². The van der Waals surface area contributed by atoms with E-state index in [-0.39, 0.29) is 5.56 Å². The van der Waals surface area contributed by atoms with E-state index in [0.717, 1.165) is 29.9 Å². The number of H-pyrrole nitrogens is 1. The monoisotopic (exact) mass is 505 g/mol. The summed E-state index contributed by atoms with van der Waals surface area (Å²) in [5.41, 5.74) is 2.19. The van der Waals surface area contributed by atoms with Crippen molar-refractivity contribution in [3.63, 3.8) is 0 Å². The number of benzene rings is 2. The number of rotatable bonds is 9. The van der Waals surface area contributed by atoms with Crippen LogP contribution in [0.15, 0.2) is 53.3 Å². The SMILES string of the molecule is COCCn1nnnc1C(c1cc2ccc(OC)cc2[nH]c1=O)N1CCN(c2ccccc2OC)CC1. The number of methoxy groups -OCH3 is 3. The first-order valence-electron chi connectivity index (χ1n) is 12.2. The average molecular weight is 506 g/mol. The van der Waals surface area contributed by atoms with Gasteiger partial charge in [0.2, 0.25) is 0 Å². The molecule has 0 radical (unpaired) electrons. The van der Waals surface area contributed by atoms with Crippen molar-refractivity contribution >= 4 is 16.6 Å². The van der Waals surface area contributed by atoms with Gasteiger partial charge in [-0.1, -0.05) is 12.1 Å². The first-order chi connectivity index (χ1) is 18.1. The molecular weight excluding hydrogens is 474 g/mol. The smallest absolute Gasteiger partial charge is 0.253 e. The van der Waals surface area contributed by atoms with Crippen LogP contribution in [0.3, 0.4) is 0 Å². The summed E-state index contributed by atoms with van der Waals surface area (Å²) < 4.78 is 17.9. The van der Waals surface area contributed by atoms with Crippen molar-refractivity contribution in [2.24, 2.45) is 0 Å². The zero-order chi connectivity index (χ0) is 25.8. The molecule has 1 fully saturated rings. The molecule has 11 heteroatoms. The summed E-state index contributed by atoms with van der Waals surface area (Å²) in [6.07, 6.45) is 0. The van der Waals surface area contributed by atoms with E-state index in [9.17, 15) is 4.79 Å². The Morgan fingerprint density at radius 1 is 1.00 bits per heavy atom. The van der Waals surface area contributed by atoms with E-state index in [1.807, 2.05) is 42.5 Å². The number of fused-ring (bicyclic) bond motifs is 1. The minimum atomic E-state index is -0.429. The number of aromatic nitrogens is 5. The Morgan fingerprint density at radius 2 is 1.81 bits per heavy atom. The molecule has 5 rings (SSSR count). The van der Waals surface area contributed by atoms with Crippen molar-refractivity contribution in [3.8, 4) is 11.5 Å². The number of hydrogen-bond acceptors (Lipinski definition) is 9. The number of nitrogens with one attached hydrogen (secondary N) is 1. The molecule has 0 amide bonds. The van der Waals surface area contributed by atoms with Gasteiger partial charge in [0.05, 0.1) is 38.6 Å². The third-order valence-electron chi connectivity index (χ3n) is 6.79. The van der Waals surface area contributed by atoms with Crippen molar-refractivity contribution < 1.29 is 14.2 Å². The third kappa shape index (κ3) is 5.00. The second-order valence-electron chi connectivity index (χ2n) is 8.86. The fourth-order valence-corrected chi connectivity index (χ4v) is 4.88. The van der Waals surface area contributed by atoms with Crippen molar-refractivity contribution in [3.05, 3.63) is 70.3 Å². The van der Waals surface area contributed by atoms with Crippen LogP contribution in [-0.4, -0.2) is 84.2 Å². The molecule has 2 aromatic carbocycles. The van der Waals surface area contributed by atoms with Crippen molar-refractivity contribution in [2.75, 3.05) is 59.0 Å². The number of para-hydroxylation sites is 2. The molecule has 3 heterocycles. The van der Waals surface area contributed by atoms with Crippen LogP contribution in [-0.2, 0) is 11.3 Å². The Kier molecular flexibility index (Phi) is 7.33. The lowest BCUT2D eigenvalue weighted by molar-refractivity contribution is 0.171. The first-order valence-corrected chi connectivity index (χ1v) is 12.2.